The van der Waals surface area contributed by atoms with Gasteiger partial charge in [-0.2, -0.15) is 4.31 Å². The van der Waals surface area contributed by atoms with Crippen LogP contribution in [0.4, 0.5) is 4.39 Å². The lowest BCUT2D eigenvalue weighted by Gasteiger charge is -2.34. The van der Waals surface area contributed by atoms with E-state index in [1.165, 1.54) is 10.4 Å². The van der Waals surface area contributed by atoms with E-state index in [1.54, 1.807) is 0 Å². The molecule has 1 aromatic carbocycles. The Labute approximate surface area is 121 Å². The summed E-state index contributed by atoms with van der Waals surface area (Å²) in [6, 6.07) is 3.62. The van der Waals surface area contributed by atoms with Crippen molar-refractivity contribution in [1.82, 2.24) is 4.31 Å². The number of piperidine rings is 1. The highest BCUT2D eigenvalue weighted by Gasteiger charge is 2.33. The third kappa shape index (κ3) is 2.99. The quantitative estimate of drug-likeness (QED) is 0.886. The summed E-state index contributed by atoms with van der Waals surface area (Å²) >= 11 is 3.11. The highest BCUT2D eigenvalue weighted by Crippen LogP contribution is 2.28. The minimum atomic E-state index is -3.60. The lowest BCUT2D eigenvalue weighted by atomic mass is 9.96. The van der Waals surface area contributed by atoms with Crippen molar-refractivity contribution in [3.63, 3.8) is 0 Å². The van der Waals surface area contributed by atoms with Gasteiger partial charge in [0.25, 0.3) is 0 Å². The average Bonchev–Trinajstić information content (AvgIpc) is 2.32. The summed E-state index contributed by atoms with van der Waals surface area (Å²) in [5, 5.41) is 0. The topological polar surface area (TPSA) is 63.4 Å². The monoisotopic (exact) mass is 350 g/mol. The number of hydrogen-bond acceptors (Lipinski definition) is 3. The van der Waals surface area contributed by atoms with E-state index in [0.29, 0.717) is 19.5 Å². The largest absolute Gasteiger partial charge is 0.327 e. The number of nitrogens with two attached hydrogens (primary N) is 1. The fraction of sp³-hybridized carbons (Fsp3) is 0.500. The predicted octanol–water partition coefficient (Wildman–Crippen LogP) is 1.95. The van der Waals surface area contributed by atoms with Crippen molar-refractivity contribution in [3.8, 4) is 0 Å². The maximum absolute atomic E-state index is 13.0. The first-order valence-electron chi connectivity index (χ1n) is 6.03. The summed E-state index contributed by atoms with van der Waals surface area (Å²) in [4.78, 5) is 0.0940. The molecule has 1 fully saturated rings. The lowest BCUT2D eigenvalue weighted by molar-refractivity contribution is 0.250. The highest BCUT2D eigenvalue weighted by molar-refractivity contribution is 9.10. The van der Waals surface area contributed by atoms with Gasteiger partial charge >= 0.3 is 0 Å². The third-order valence-corrected chi connectivity index (χ3v) is 6.29. The van der Waals surface area contributed by atoms with Crippen LogP contribution in [-0.4, -0.2) is 31.9 Å². The van der Waals surface area contributed by atoms with Crippen LogP contribution in [0.15, 0.2) is 27.6 Å². The number of benzene rings is 1. The minimum absolute atomic E-state index is 0.0307. The molecule has 7 heteroatoms. The molecule has 0 radical (unpaired) electrons. The first-order chi connectivity index (χ1) is 8.82. The van der Waals surface area contributed by atoms with E-state index in [1.807, 2.05) is 6.92 Å². The Morgan fingerprint density at radius 2 is 2.16 bits per heavy atom. The van der Waals surface area contributed by atoms with E-state index >= 15 is 0 Å². The predicted molar refractivity (Wildman–Crippen MR) is 74.6 cm³/mol. The Hall–Kier alpha value is -0.500. The van der Waals surface area contributed by atoms with Gasteiger partial charge in [0.1, 0.15) is 5.82 Å². The molecule has 0 aliphatic carbocycles. The Morgan fingerprint density at radius 1 is 1.47 bits per heavy atom. The molecular formula is C12H16BrFN2O2S. The summed E-state index contributed by atoms with van der Waals surface area (Å²) in [5.74, 6) is -0.359. The standard InChI is InChI=1S/C12H16BrFN2O2S/c1-8-7-16(5-4-11(8)15)19(17,18)12-3-2-9(14)6-10(12)13/h2-3,6,8,11H,4-5,7,15H2,1H3. The number of rotatable bonds is 2. The van der Waals surface area contributed by atoms with Crippen molar-refractivity contribution in [3.05, 3.63) is 28.5 Å². The molecule has 0 bridgehead atoms. The van der Waals surface area contributed by atoms with Gasteiger partial charge in [-0.15, -0.1) is 0 Å². The van der Waals surface area contributed by atoms with Crippen LogP contribution in [0, 0.1) is 11.7 Å². The zero-order valence-corrected chi connectivity index (χ0v) is 12.9. The van der Waals surface area contributed by atoms with E-state index in [9.17, 15) is 12.8 Å². The zero-order chi connectivity index (χ0) is 14.2. The second kappa shape index (κ2) is 5.47. The summed E-state index contributed by atoms with van der Waals surface area (Å²) in [6.07, 6.45) is 0.638. The van der Waals surface area contributed by atoms with Gasteiger partial charge in [-0.1, -0.05) is 6.92 Å². The summed E-state index contributed by atoms with van der Waals surface area (Å²) in [5.41, 5.74) is 5.89. The maximum Gasteiger partial charge on any atom is 0.244 e. The van der Waals surface area contributed by atoms with E-state index in [4.69, 9.17) is 5.73 Å². The molecule has 1 aliphatic rings. The van der Waals surface area contributed by atoms with E-state index in [0.717, 1.165) is 12.1 Å². The average molecular weight is 351 g/mol. The Balaban J connectivity index is 2.32. The molecule has 0 aromatic heterocycles. The van der Waals surface area contributed by atoms with Crippen molar-refractivity contribution < 1.29 is 12.8 Å². The second-order valence-electron chi connectivity index (χ2n) is 4.87. The first-order valence-corrected chi connectivity index (χ1v) is 8.26. The van der Waals surface area contributed by atoms with Gasteiger partial charge in [-0.05, 0) is 46.5 Å². The fourth-order valence-electron chi connectivity index (χ4n) is 2.17. The van der Waals surface area contributed by atoms with Crippen LogP contribution < -0.4 is 5.73 Å². The highest BCUT2D eigenvalue weighted by atomic mass is 79.9. The molecule has 4 nitrogen and oxygen atoms in total. The molecule has 0 amide bonds. The zero-order valence-electron chi connectivity index (χ0n) is 10.5. The van der Waals surface area contributed by atoms with Crippen molar-refractivity contribution >= 4 is 26.0 Å². The number of sulfonamides is 1. The van der Waals surface area contributed by atoms with Gasteiger partial charge < -0.3 is 5.73 Å². The second-order valence-corrected chi connectivity index (χ2v) is 7.63. The van der Waals surface area contributed by atoms with Gasteiger partial charge in [0.05, 0.1) is 4.90 Å². The van der Waals surface area contributed by atoms with Crippen LogP contribution in [0.1, 0.15) is 13.3 Å². The molecule has 2 atom stereocenters. The van der Waals surface area contributed by atoms with Crippen LogP contribution in [0.25, 0.3) is 0 Å². The molecule has 1 aromatic rings. The van der Waals surface area contributed by atoms with Gasteiger partial charge in [-0.25, -0.2) is 12.8 Å². The summed E-state index contributed by atoms with van der Waals surface area (Å²) in [6.45, 7) is 2.73. The van der Waals surface area contributed by atoms with Crippen molar-refractivity contribution in [2.24, 2.45) is 11.7 Å². The fourth-order valence-corrected chi connectivity index (χ4v) is 4.73. The Kier molecular flexibility index (Phi) is 4.29. The molecule has 2 rings (SSSR count). The van der Waals surface area contributed by atoms with E-state index in [-0.39, 0.29) is 21.3 Å². The molecule has 1 saturated heterocycles. The third-order valence-electron chi connectivity index (χ3n) is 3.45. The molecule has 19 heavy (non-hydrogen) atoms. The van der Waals surface area contributed by atoms with Gasteiger partial charge in [0.2, 0.25) is 10.0 Å². The van der Waals surface area contributed by atoms with Crippen LogP contribution >= 0.6 is 15.9 Å². The molecule has 1 heterocycles. The molecule has 0 saturated carbocycles. The molecule has 106 valence electrons. The number of hydrogen-bond donors (Lipinski definition) is 1. The molecule has 2 unspecified atom stereocenters. The molecule has 1 aliphatic heterocycles. The van der Waals surface area contributed by atoms with Crippen LogP contribution in [0.5, 0.6) is 0 Å². The first kappa shape index (κ1) is 14.9. The van der Waals surface area contributed by atoms with Gasteiger partial charge in [-0.3, -0.25) is 0 Å². The normalized spacial score (nSPS) is 25.5. The van der Waals surface area contributed by atoms with Crippen molar-refractivity contribution in [2.45, 2.75) is 24.3 Å². The summed E-state index contributed by atoms with van der Waals surface area (Å²) < 4.78 is 39.7. The molecule has 0 spiro atoms. The Morgan fingerprint density at radius 3 is 2.74 bits per heavy atom. The van der Waals surface area contributed by atoms with Gasteiger partial charge in [0, 0.05) is 23.6 Å². The lowest BCUT2D eigenvalue weighted by Crippen LogP contribution is -2.48. The van der Waals surface area contributed by atoms with E-state index in [2.05, 4.69) is 15.9 Å². The molecule has 2 N–H and O–H groups in total. The van der Waals surface area contributed by atoms with Crippen LogP contribution in [0.3, 0.4) is 0 Å². The minimum Gasteiger partial charge on any atom is -0.327 e. The molecular weight excluding hydrogens is 335 g/mol. The van der Waals surface area contributed by atoms with Gasteiger partial charge in [0.15, 0.2) is 0 Å². The van der Waals surface area contributed by atoms with Crippen molar-refractivity contribution in [1.29, 1.82) is 0 Å². The van der Waals surface area contributed by atoms with Crippen molar-refractivity contribution in [2.75, 3.05) is 13.1 Å². The Bertz CT molecular complexity index is 579. The summed E-state index contributed by atoms with van der Waals surface area (Å²) in [7, 11) is -3.60. The van der Waals surface area contributed by atoms with E-state index < -0.39 is 15.8 Å². The van der Waals surface area contributed by atoms with Crippen LogP contribution in [-0.2, 0) is 10.0 Å². The number of nitrogens with zero attached hydrogens (tertiary/aromatic N) is 1. The SMILES string of the molecule is CC1CN(S(=O)(=O)c2ccc(F)cc2Br)CCC1N. The maximum atomic E-state index is 13.0. The van der Waals surface area contributed by atoms with Crippen LogP contribution in [0.2, 0.25) is 0 Å². The number of halogens is 2. The smallest absolute Gasteiger partial charge is 0.244 e.